The van der Waals surface area contributed by atoms with Crippen LogP contribution in [-0.2, 0) is 0 Å². The molecule has 0 atom stereocenters. The number of aryl methyl sites for hydroxylation is 1. The molecule has 1 aromatic heterocycles. The molecule has 0 unspecified atom stereocenters. The highest BCUT2D eigenvalue weighted by molar-refractivity contribution is 7.13. The molecular formula is C18H13ClN2O2S. The van der Waals surface area contributed by atoms with E-state index in [1.807, 2.05) is 12.3 Å². The predicted molar refractivity (Wildman–Crippen MR) is 96.1 cm³/mol. The smallest absolute Gasteiger partial charge is 0.258 e. The Labute approximate surface area is 148 Å². The van der Waals surface area contributed by atoms with E-state index in [0.29, 0.717) is 26.8 Å². The number of ketones is 1. The monoisotopic (exact) mass is 356 g/mol. The first-order valence-corrected chi connectivity index (χ1v) is 8.43. The Balaban J connectivity index is 1.91. The number of aromatic nitrogens is 1. The zero-order valence-corrected chi connectivity index (χ0v) is 14.3. The van der Waals surface area contributed by atoms with Crippen LogP contribution in [0.1, 0.15) is 32.0 Å². The Morgan fingerprint density at radius 2 is 1.71 bits per heavy atom. The molecule has 120 valence electrons. The van der Waals surface area contributed by atoms with Crippen LogP contribution in [0.15, 0.2) is 53.9 Å². The molecule has 4 nitrogen and oxygen atoms in total. The third-order valence-corrected chi connectivity index (χ3v) is 4.49. The average molecular weight is 357 g/mol. The van der Waals surface area contributed by atoms with Crippen molar-refractivity contribution in [2.24, 2.45) is 0 Å². The van der Waals surface area contributed by atoms with Gasteiger partial charge in [0.2, 0.25) is 0 Å². The molecule has 1 N–H and O–H groups in total. The third-order valence-electron chi connectivity index (χ3n) is 3.36. The molecule has 0 aliphatic heterocycles. The van der Waals surface area contributed by atoms with E-state index in [9.17, 15) is 9.59 Å². The van der Waals surface area contributed by atoms with Gasteiger partial charge in [-0.25, -0.2) is 4.98 Å². The molecule has 0 radical (unpaired) electrons. The number of hydrogen-bond acceptors (Lipinski definition) is 4. The van der Waals surface area contributed by atoms with Crippen LogP contribution < -0.4 is 5.32 Å². The minimum absolute atomic E-state index is 0.229. The Kier molecular flexibility index (Phi) is 4.74. The molecule has 0 saturated heterocycles. The zero-order valence-electron chi connectivity index (χ0n) is 12.7. The van der Waals surface area contributed by atoms with Gasteiger partial charge in [-0.05, 0) is 37.3 Å². The van der Waals surface area contributed by atoms with Crippen LogP contribution in [-0.4, -0.2) is 16.7 Å². The first-order chi connectivity index (χ1) is 11.5. The van der Waals surface area contributed by atoms with E-state index in [0.717, 1.165) is 5.69 Å². The summed E-state index contributed by atoms with van der Waals surface area (Å²) in [6.45, 7) is 1.85. The van der Waals surface area contributed by atoms with Gasteiger partial charge in [-0.3, -0.25) is 14.9 Å². The van der Waals surface area contributed by atoms with Crippen molar-refractivity contribution in [2.75, 3.05) is 5.32 Å². The van der Waals surface area contributed by atoms with E-state index in [1.54, 1.807) is 48.5 Å². The standard InChI is InChI=1S/C18H13ClN2O2S/c1-11-10-24-18(20-11)21-17(23)15-5-3-2-4-14(15)16(22)12-6-8-13(19)9-7-12/h2-10H,1H3,(H,20,21,23). The Bertz CT molecular complexity index is 903. The SMILES string of the molecule is Cc1csc(NC(=O)c2ccccc2C(=O)c2ccc(Cl)cc2)n1. The number of amides is 1. The minimum atomic E-state index is -0.359. The van der Waals surface area contributed by atoms with Crippen LogP contribution in [0.5, 0.6) is 0 Å². The summed E-state index contributed by atoms with van der Waals surface area (Å²) >= 11 is 7.20. The van der Waals surface area contributed by atoms with Gasteiger partial charge in [-0.15, -0.1) is 11.3 Å². The maximum Gasteiger partial charge on any atom is 0.258 e. The van der Waals surface area contributed by atoms with Crippen LogP contribution in [0.2, 0.25) is 5.02 Å². The molecule has 0 aliphatic carbocycles. The number of rotatable bonds is 4. The molecule has 6 heteroatoms. The number of carbonyl (C=O) groups is 2. The van der Waals surface area contributed by atoms with E-state index in [4.69, 9.17) is 11.6 Å². The van der Waals surface area contributed by atoms with Crippen molar-refractivity contribution in [1.82, 2.24) is 4.98 Å². The molecule has 0 fully saturated rings. The molecule has 0 bridgehead atoms. The van der Waals surface area contributed by atoms with Crippen molar-refractivity contribution in [3.63, 3.8) is 0 Å². The highest BCUT2D eigenvalue weighted by atomic mass is 35.5. The lowest BCUT2D eigenvalue weighted by atomic mass is 9.98. The van der Waals surface area contributed by atoms with Crippen LogP contribution in [0.4, 0.5) is 5.13 Å². The molecule has 1 amide bonds. The average Bonchev–Trinajstić information content (AvgIpc) is 3.00. The van der Waals surface area contributed by atoms with Gasteiger partial charge in [-0.2, -0.15) is 0 Å². The predicted octanol–water partition coefficient (Wildman–Crippen LogP) is 4.59. The van der Waals surface area contributed by atoms with Crippen LogP contribution in [0.3, 0.4) is 0 Å². The lowest BCUT2D eigenvalue weighted by molar-refractivity contribution is 0.0996. The van der Waals surface area contributed by atoms with Gasteiger partial charge in [0.25, 0.3) is 5.91 Å². The summed E-state index contributed by atoms with van der Waals surface area (Å²) in [4.78, 5) is 29.4. The summed E-state index contributed by atoms with van der Waals surface area (Å²) in [5, 5.41) is 5.64. The van der Waals surface area contributed by atoms with E-state index in [1.165, 1.54) is 11.3 Å². The summed E-state index contributed by atoms with van der Waals surface area (Å²) in [6.07, 6.45) is 0. The molecule has 1 heterocycles. The highest BCUT2D eigenvalue weighted by Crippen LogP contribution is 2.20. The molecule has 0 saturated carbocycles. The fraction of sp³-hybridized carbons (Fsp3) is 0.0556. The fourth-order valence-electron chi connectivity index (χ4n) is 2.21. The highest BCUT2D eigenvalue weighted by Gasteiger charge is 2.18. The number of halogens is 1. The van der Waals surface area contributed by atoms with Crippen molar-refractivity contribution in [3.8, 4) is 0 Å². The van der Waals surface area contributed by atoms with E-state index < -0.39 is 0 Å². The summed E-state index contributed by atoms with van der Waals surface area (Å²) in [5.41, 5.74) is 1.96. The lowest BCUT2D eigenvalue weighted by Crippen LogP contribution is -2.16. The van der Waals surface area contributed by atoms with Crippen molar-refractivity contribution >= 4 is 39.8 Å². The van der Waals surface area contributed by atoms with Crippen LogP contribution in [0.25, 0.3) is 0 Å². The van der Waals surface area contributed by atoms with E-state index >= 15 is 0 Å². The van der Waals surface area contributed by atoms with Gasteiger partial charge in [0.15, 0.2) is 10.9 Å². The maximum absolute atomic E-state index is 12.7. The number of nitrogens with one attached hydrogen (secondary N) is 1. The fourth-order valence-corrected chi connectivity index (χ4v) is 3.02. The largest absolute Gasteiger partial charge is 0.298 e. The number of hydrogen-bond donors (Lipinski definition) is 1. The normalized spacial score (nSPS) is 10.4. The number of benzene rings is 2. The number of thiazole rings is 1. The topological polar surface area (TPSA) is 59.1 Å². The second kappa shape index (κ2) is 6.95. The minimum Gasteiger partial charge on any atom is -0.298 e. The number of nitrogens with zero attached hydrogens (tertiary/aromatic N) is 1. The number of anilines is 1. The molecule has 2 aromatic carbocycles. The van der Waals surface area contributed by atoms with Gasteiger partial charge < -0.3 is 0 Å². The van der Waals surface area contributed by atoms with E-state index in [-0.39, 0.29) is 11.7 Å². The molecule has 0 aliphatic rings. The van der Waals surface area contributed by atoms with E-state index in [2.05, 4.69) is 10.3 Å². The van der Waals surface area contributed by atoms with Crippen LogP contribution in [0, 0.1) is 6.92 Å². The molecule has 3 rings (SSSR count). The Morgan fingerprint density at radius 1 is 1.04 bits per heavy atom. The maximum atomic E-state index is 12.7. The van der Waals surface area contributed by atoms with Gasteiger partial charge in [0.1, 0.15) is 0 Å². The second-order valence-corrected chi connectivity index (χ2v) is 6.42. The van der Waals surface area contributed by atoms with Gasteiger partial charge in [-0.1, -0.05) is 29.8 Å². The van der Waals surface area contributed by atoms with Crippen molar-refractivity contribution in [2.45, 2.75) is 6.92 Å². The second-order valence-electron chi connectivity index (χ2n) is 5.13. The Morgan fingerprint density at radius 3 is 2.33 bits per heavy atom. The summed E-state index contributed by atoms with van der Waals surface area (Å²) in [6, 6.07) is 13.3. The lowest BCUT2D eigenvalue weighted by Gasteiger charge is -2.08. The summed E-state index contributed by atoms with van der Waals surface area (Å²) in [7, 11) is 0. The van der Waals surface area contributed by atoms with Gasteiger partial charge in [0, 0.05) is 21.5 Å². The molecule has 24 heavy (non-hydrogen) atoms. The molecule has 0 spiro atoms. The van der Waals surface area contributed by atoms with Gasteiger partial charge in [0.05, 0.1) is 11.3 Å². The summed E-state index contributed by atoms with van der Waals surface area (Å²) in [5.74, 6) is -0.588. The first-order valence-electron chi connectivity index (χ1n) is 7.17. The Hall–Kier alpha value is -2.50. The van der Waals surface area contributed by atoms with Crippen LogP contribution >= 0.6 is 22.9 Å². The van der Waals surface area contributed by atoms with Crippen molar-refractivity contribution < 1.29 is 9.59 Å². The quantitative estimate of drug-likeness (QED) is 0.695. The third kappa shape index (κ3) is 3.53. The summed E-state index contributed by atoms with van der Waals surface area (Å²) < 4.78 is 0. The van der Waals surface area contributed by atoms with Crippen molar-refractivity contribution in [3.05, 3.63) is 81.3 Å². The van der Waals surface area contributed by atoms with Gasteiger partial charge >= 0.3 is 0 Å². The zero-order chi connectivity index (χ0) is 17.1. The van der Waals surface area contributed by atoms with Crippen molar-refractivity contribution in [1.29, 1.82) is 0 Å². The molecular weight excluding hydrogens is 344 g/mol. The number of carbonyl (C=O) groups excluding carboxylic acids is 2. The first kappa shape index (κ1) is 16.4. The molecule has 3 aromatic rings.